The summed E-state index contributed by atoms with van der Waals surface area (Å²) in [5, 5.41) is 0.740. The van der Waals surface area contributed by atoms with Crippen molar-refractivity contribution in [3.63, 3.8) is 0 Å². The van der Waals surface area contributed by atoms with Gasteiger partial charge in [-0.15, -0.1) is 0 Å². The van der Waals surface area contributed by atoms with Gasteiger partial charge in [0.1, 0.15) is 5.75 Å². The highest BCUT2D eigenvalue weighted by molar-refractivity contribution is 7.22. The van der Waals surface area contributed by atoms with E-state index in [0.29, 0.717) is 18.7 Å². The molecule has 0 bridgehead atoms. The first-order chi connectivity index (χ1) is 13.5. The Balaban J connectivity index is 1.93. The minimum atomic E-state index is 0.00143. The average Bonchev–Trinajstić information content (AvgIpc) is 3.07. The maximum absolute atomic E-state index is 13.3. The summed E-state index contributed by atoms with van der Waals surface area (Å²) in [5.74, 6) is 0.833. The fraction of sp³-hybridized carbons (Fsp3) is 0.364. The molecule has 2 aromatic carbocycles. The summed E-state index contributed by atoms with van der Waals surface area (Å²) < 4.78 is 6.63. The van der Waals surface area contributed by atoms with Crippen LogP contribution in [-0.4, -0.2) is 44.7 Å². The molecule has 3 aromatic rings. The van der Waals surface area contributed by atoms with Crippen molar-refractivity contribution < 1.29 is 14.4 Å². The van der Waals surface area contributed by atoms with Gasteiger partial charge in [-0.05, 0) is 44.2 Å². The number of hydrogen-bond donors (Lipinski definition) is 1. The van der Waals surface area contributed by atoms with Gasteiger partial charge in [0.25, 0.3) is 5.91 Å². The number of benzene rings is 2. The van der Waals surface area contributed by atoms with Crippen molar-refractivity contribution in [2.24, 2.45) is 0 Å². The summed E-state index contributed by atoms with van der Waals surface area (Å²) >= 11 is 1.54. The van der Waals surface area contributed by atoms with Crippen LogP contribution in [-0.2, 0) is 0 Å². The Morgan fingerprint density at radius 3 is 2.75 bits per heavy atom. The largest absolute Gasteiger partial charge is 0.494 e. The summed E-state index contributed by atoms with van der Waals surface area (Å²) in [6.07, 6.45) is 0.917. The molecule has 1 N–H and O–H groups in total. The number of rotatable bonds is 8. The average molecular weight is 399 g/mol. The van der Waals surface area contributed by atoms with E-state index in [1.54, 1.807) is 0 Å². The van der Waals surface area contributed by atoms with Crippen LogP contribution in [0.5, 0.6) is 5.75 Å². The van der Waals surface area contributed by atoms with Crippen LogP contribution in [0.1, 0.15) is 29.3 Å². The van der Waals surface area contributed by atoms with E-state index in [4.69, 9.17) is 9.72 Å². The Morgan fingerprint density at radius 1 is 1.21 bits per heavy atom. The molecule has 0 unspecified atom stereocenters. The van der Waals surface area contributed by atoms with Crippen LogP contribution in [0.2, 0.25) is 0 Å². The first kappa shape index (κ1) is 20.3. The molecule has 0 saturated carbocycles. The van der Waals surface area contributed by atoms with Gasteiger partial charge in [0, 0.05) is 18.5 Å². The number of fused-ring (bicyclic) bond motifs is 1. The van der Waals surface area contributed by atoms with E-state index >= 15 is 0 Å². The topological polar surface area (TPSA) is 46.9 Å². The highest BCUT2D eigenvalue weighted by atomic mass is 32.1. The van der Waals surface area contributed by atoms with E-state index in [9.17, 15) is 4.79 Å². The molecule has 0 radical (unpaired) electrons. The molecule has 0 saturated heterocycles. The number of thiazole rings is 1. The molecule has 148 valence electrons. The first-order valence-electron chi connectivity index (χ1n) is 9.69. The zero-order chi connectivity index (χ0) is 20.1. The Hall–Kier alpha value is -2.44. The lowest BCUT2D eigenvalue weighted by Crippen LogP contribution is -3.05. The Labute approximate surface area is 170 Å². The number of aryl methyl sites for hydroxylation is 1. The smallest absolute Gasteiger partial charge is 0.260 e. The highest BCUT2D eigenvalue weighted by Gasteiger charge is 2.21. The van der Waals surface area contributed by atoms with E-state index in [0.717, 1.165) is 39.6 Å². The molecule has 28 heavy (non-hydrogen) atoms. The Bertz CT molecular complexity index is 952. The van der Waals surface area contributed by atoms with Crippen LogP contribution in [0.15, 0.2) is 42.5 Å². The van der Waals surface area contributed by atoms with Crippen LogP contribution in [0.3, 0.4) is 0 Å². The maximum Gasteiger partial charge on any atom is 0.260 e. The van der Waals surface area contributed by atoms with Crippen molar-refractivity contribution in [2.45, 2.75) is 20.3 Å². The fourth-order valence-corrected chi connectivity index (χ4v) is 4.09. The zero-order valence-corrected chi connectivity index (χ0v) is 17.8. The van der Waals surface area contributed by atoms with Crippen molar-refractivity contribution >= 4 is 32.6 Å². The Kier molecular flexibility index (Phi) is 6.65. The molecular formula is C22H28N3O2S+. The van der Waals surface area contributed by atoms with Gasteiger partial charge in [-0.25, -0.2) is 4.98 Å². The number of carbonyl (C=O) groups is 1. The summed E-state index contributed by atoms with van der Waals surface area (Å²) in [7, 11) is 4.25. The second kappa shape index (κ2) is 9.17. The lowest BCUT2D eigenvalue weighted by atomic mass is 10.1. The van der Waals surface area contributed by atoms with Gasteiger partial charge >= 0.3 is 0 Å². The third-order valence-electron chi connectivity index (χ3n) is 4.46. The summed E-state index contributed by atoms with van der Waals surface area (Å²) in [6.45, 7) is 6.25. The van der Waals surface area contributed by atoms with Gasteiger partial charge in [-0.1, -0.05) is 29.0 Å². The number of nitrogens with zero attached hydrogens (tertiary/aromatic N) is 2. The first-order valence-corrected chi connectivity index (χ1v) is 10.5. The zero-order valence-electron chi connectivity index (χ0n) is 17.0. The second-order valence-corrected chi connectivity index (χ2v) is 8.21. The quantitative estimate of drug-likeness (QED) is 0.634. The van der Waals surface area contributed by atoms with E-state index < -0.39 is 0 Å². The summed E-state index contributed by atoms with van der Waals surface area (Å²) in [5.41, 5.74) is 2.67. The number of quaternary nitrogens is 1. The van der Waals surface area contributed by atoms with Crippen molar-refractivity contribution in [3.05, 3.63) is 53.6 Å². The van der Waals surface area contributed by atoms with E-state index in [1.165, 1.54) is 16.2 Å². The van der Waals surface area contributed by atoms with Crippen LogP contribution < -0.4 is 14.5 Å². The number of carbonyl (C=O) groups excluding carboxylic acids is 1. The fourth-order valence-electron chi connectivity index (χ4n) is 3.07. The number of amides is 1. The van der Waals surface area contributed by atoms with Gasteiger partial charge in [0.2, 0.25) is 0 Å². The molecule has 1 amide bonds. The molecule has 6 heteroatoms. The number of aromatic nitrogens is 1. The lowest BCUT2D eigenvalue weighted by Gasteiger charge is -2.20. The molecule has 5 nitrogen and oxygen atoms in total. The normalized spacial score (nSPS) is 11.2. The third-order valence-corrected chi connectivity index (χ3v) is 5.50. The second-order valence-electron chi connectivity index (χ2n) is 7.20. The minimum Gasteiger partial charge on any atom is -0.494 e. The molecule has 0 atom stereocenters. The number of hydrogen-bond acceptors (Lipinski definition) is 4. The number of ether oxygens (including phenoxy) is 1. The van der Waals surface area contributed by atoms with Crippen LogP contribution >= 0.6 is 11.3 Å². The lowest BCUT2D eigenvalue weighted by molar-refractivity contribution is -0.858. The van der Waals surface area contributed by atoms with Gasteiger partial charge in [0.05, 0.1) is 37.5 Å². The molecule has 0 aliphatic carbocycles. The standard InChI is InChI=1S/C22H27N3O2S/c1-5-27-18-10-11-19-20(15-18)28-22(23-19)25(13-7-12-24(3)4)21(26)17-9-6-8-16(2)14-17/h6,8-11,14-15H,5,7,12-13H2,1-4H3/p+1. The van der Waals surface area contributed by atoms with Crippen molar-refractivity contribution in [1.82, 2.24) is 4.98 Å². The Morgan fingerprint density at radius 2 is 2.04 bits per heavy atom. The van der Waals surface area contributed by atoms with Crippen molar-refractivity contribution in [1.29, 1.82) is 0 Å². The van der Waals surface area contributed by atoms with Crippen molar-refractivity contribution in [2.75, 3.05) is 38.7 Å². The van der Waals surface area contributed by atoms with Crippen LogP contribution in [0.25, 0.3) is 10.2 Å². The molecule has 0 spiro atoms. The summed E-state index contributed by atoms with van der Waals surface area (Å²) in [4.78, 5) is 21.2. The van der Waals surface area contributed by atoms with E-state index in [2.05, 4.69) is 14.1 Å². The maximum atomic E-state index is 13.3. The number of nitrogens with one attached hydrogen (secondary N) is 1. The predicted molar refractivity (Wildman–Crippen MR) is 116 cm³/mol. The predicted octanol–water partition coefficient (Wildman–Crippen LogP) is 3.18. The molecule has 0 aliphatic heterocycles. The van der Waals surface area contributed by atoms with Crippen LogP contribution in [0, 0.1) is 6.92 Å². The van der Waals surface area contributed by atoms with Crippen molar-refractivity contribution in [3.8, 4) is 5.75 Å². The number of anilines is 1. The van der Waals surface area contributed by atoms with Gasteiger partial charge in [0.15, 0.2) is 5.13 Å². The molecule has 0 fully saturated rings. The van der Waals surface area contributed by atoms with Gasteiger partial charge in [-0.3, -0.25) is 9.69 Å². The molecule has 0 aliphatic rings. The monoisotopic (exact) mass is 398 g/mol. The van der Waals surface area contributed by atoms with E-state index in [-0.39, 0.29) is 5.91 Å². The van der Waals surface area contributed by atoms with Crippen LogP contribution in [0.4, 0.5) is 5.13 Å². The third kappa shape index (κ3) is 4.88. The molecule has 1 heterocycles. The van der Waals surface area contributed by atoms with E-state index in [1.807, 2.05) is 61.2 Å². The molecule has 3 rings (SSSR count). The van der Waals surface area contributed by atoms with Gasteiger partial charge in [-0.2, -0.15) is 0 Å². The van der Waals surface area contributed by atoms with Gasteiger partial charge < -0.3 is 9.64 Å². The molecule has 1 aromatic heterocycles. The highest BCUT2D eigenvalue weighted by Crippen LogP contribution is 2.32. The molecular weight excluding hydrogens is 370 g/mol. The minimum absolute atomic E-state index is 0.00143. The summed E-state index contributed by atoms with van der Waals surface area (Å²) in [6, 6.07) is 13.6. The SMILES string of the molecule is CCOc1ccc2nc(N(CCC[NH+](C)C)C(=O)c3cccc(C)c3)sc2c1.